The summed E-state index contributed by atoms with van der Waals surface area (Å²) in [4.78, 5) is 40.7. The number of carbonyl (C=O) groups is 2. The van der Waals surface area contributed by atoms with E-state index >= 15 is 0 Å². The fraction of sp³-hybridized carbons (Fsp3) is 0.240. The number of hydrogen-bond acceptors (Lipinski definition) is 6. The molecule has 170 valence electrons. The molecule has 0 aliphatic carbocycles. The summed E-state index contributed by atoms with van der Waals surface area (Å²) in [6, 6.07) is 15.2. The van der Waals surface area contributed by atoms with E-state index in [2.05, 4.69) is 10.3 Å². The molecule has 2 aromatic carbocycles. The highest BCUT2D eigenvalue weighted by atomic mass is 16.5. The van der Waals surface area contributed by atoms with Gasteiger partial charge in [0, 0.05) is 35.2 Å². The Kier molecular flexibility index (Phi) is 6.44. The number of ether oxygens (including phenoxy) is 2. The molecule has 0 saturated heterocycles. The van der Waals surface area contributed by atoms with E-state index in [-0.39, 0.29) is 19.4 Å². The Labute approximate surface area is 189 Å². The van der Waals surface area contributed by atoms with Crippen molar-refractivity contribution in [3.63, 3.8) is 0 Å². The number of nitrogens with one attached hydrogen (secondary N) is 2. The molecule has 2 aromatic heterocycles. The van der Waals surface area contributed by atoms with Crippen LogP contribution in [0.4, 0.5) is 0 Å². The van der Waals surface area contributed by atoms with E-state index in [1.54, 1.807) is 25.1 Å². The molecule has 0 spiro atoms. The summed E-state index contributed by atoms with van der Waals surface area (Å²) in [6.07, 6.45) is 0.144. The monoisotopic (exact) mass is 448 g/mol. The molecule has 8 heteroatoms. The van der Waals surface area contributed by atoms with Crippen molar-refractivity contribution in [2.75, 3.05) is 13.7 Å². The number of benzene rings is 2. The average Bonchev–Trinajstić information content (AvgIpc) is 3.20. The number of carbonyl (C=O) groups excluding carboxylic acids is 2. The summed E-state index contributed by atoms with van der Waals surface area (Å²) in [6.45, 7) is 1.91. The predicted molar refractivity (Wildman–Crippen MR) is 123 cm³/mol. The first-order chi connectivity index (χ1) is 16.0. The maximum absolute atomic E-state index is 12.9. The number of methoxy groups -OCH3 is 1. The molecule has 33 heavy (non-hydrogen) atoms. The van der Waals surface area contributed by atoms with Crippen molar-refractivity contribution >= 4 is 33.7 Å². The molecular formula is C25H24N2O6. The highest BCUT2D eigenvalue weighted by Gasteiger charge is 2.24. The van der Waals surface area contributed by atoms with Crippen LogP contribution in [0.1, 0.15) is 18.2 Å². The van der Waals surface area contributed by atoms with Crippen LogP contribution in [0.5, 0.6) is 5.75 Å². The minimum absolute atomic E-state index is 0.100. The topological polar surface area (TPSA) is 111 Å². The summed E-state index contributed by atoms with van der Waals surface area (Å²) in [5, 5.41) is 4.39. The lowest BCUT2D eigenvalue weighted by Crippen LogP contribution is -2.44. The van der Waals surface area contributed by atoms with E-state index in [0.29, 0.717) is 22.3 Å². The maximum atomic E-state index is 12.9. The Morgan fingerprint density at radius 1 is 1.12 bits per heavy atom. The standard InChI is InChI=1S/C25H24N2O6/c1-3-32-25(30)21(13-17-10-15-6-4-5-7-20(15)26-17)27-23(28)11-16-12-24(29)33-22-14-18(31-2)8-9-19(16)22/h4-10,12,14,21,26H,3,11,13H2,1-2H3,(H,27,28). The van der Waals surface area contributed by atoms with Gasteiger partial charge in [-0.05, 0) is 42.1 Å². The van der Waals surface area contributed by atoms with Gasteiger partial charge in [-0.3, -0.25) is 4.79 Å². The number of H-pyrrole nitrogens is 1. The molecule has 4 aromatic rings. The zero-order valence-corrected chi connectivity index (χ0v) is 18.3. The first kappa shape index (κ1) is 22.1. The molecule has 0 radical (unpaired) electrons. The van der Waals surface area contributed by atoms with Crippen LogP contribution < -0.4 is 15.7 Å². The summed E-state index contributed by atoms with van der Waals surface area (Å²) in [7, 11) is 1.51. The Balaban J connectivity index is 1.55. The van der Waals surface area contributed by atoms with Gasteiger partial charge < -0.3 is 24.2 Å². The first-order valence-corrected chi connectivity index (χ1v) is 10.6. The van der Waals surface area contributed by atoms with Gasteiger partial charge in [0.15, 0.2) is 0 Å². The van der Waals surface area contributed by atoms with E-state index in [1.165, 1.54) is 13.2 Å². The number of fused-ring (bicyclic) bond motifs is 2. The first-order valence-electron chi connectivity index (χ1n) is 10.6. The van der Waals surface area contributed by atoms with Gasteiger partial charge in [0.05, 0.1) is 20.1 Å². The SMILES string of the molecule is CCOC(=O)C(Cc1cc2ccccc2[nH]1)NC(=O)Cc1cc(=O)oc2cc(OC)ccc12. The van der Waals surface area contributed by atoms with Crippen LogP contribution in [-0.2, 0) is 27.2 Å². The fourth-order valence-electron chi connectivity index (χ4n) is 3.80. The van der Waals surface area contributed by atoms with Gasteiger partial charge >= 0.3 is 11.6 Å². The van der Waals surface area contributed by atoms with E-state index < -0.39 is 23.5 Å². The lowest BCUT2D eigenvalue weighted by atomic mass is 10.1. The molecule has 1 unspecified atom stereocenters. The zero-order chi connectivity index (χ0) is 23.4. The third-order valence-electron chi connectivity index (χ3n) is 5.30. The molecule has 1 amide bonds. The quantitative estimate of drug-likeness (QED) is 0.317. The summed E-state index contributed by atoms with van der Waals surface area (Å²) < 4.78 is 15.6. The van der Waals surface area contributed by atoms with Crippen LogP contribution in [-0.4, -0.2) is 36.6 Å². The van der Waals surface area contributed by atoms with Gasteiger partial charge in [0.25, 0.3) is 0 Å². The van der Waals surface area contributed by atoms with E-state index in [0.717, 1.165) is 16.6 Å². The van der Waals surface area contributed by atoms with Gasteiger partial charge in [-0.1, -0.05) is 18.2 Å². The van der Waals surface area contributed by atoms with Crippen molar-refractivity contribution in [3.8, 4) is 5.75 Å². The Morgan fingerprint density at radius 2 is 1.94 bits per heavy atom. The molecule has 0 aliphatic rings. The highest BCUT2D eigenvalue weighted by Crippen LogP contribution is 2.23. The lowest BCUT2D eigenvalue weighted by Gasteiger charge is -2.17. The van der Waals surface area contributed by atoms with Crippen LogP contribution in [0, 0.1) is 0 Å². The third-order valence-corrected chi connectivity index (χ3v) is 5.30. The minimum Gasteiger partial charge on any atom is -0.497 e. The molecule has 2 N–H and O–H groups in total. The van der Waals surface area contributed by atoms with Gasteiger partial charge in [-0.25, -0.2) is 9.59 Å². The molecule has 4 rings (SSSR count). The van der Waals surface area contributed by atoms with Gasteiger partial charge in [-0.15, -0.1) is 0 Å². The molecule has 0 aliphatic heterocycles. The average molecular weight is 448 g/mol. The fourth-order valence-corrected chi connectivity index (χ4v) is 3.80. The molecule has 2 heterocycles. The van der Waals surface area contributed by atoms with Crippen molar-refractivity contribution in [1.29, 1.82) is 0 Å². The van der Waals surface area contributed by atoms with Crippen LogP contribution in [0.15, 0.2) is 63.8 Å². The van der Waals surface area contributed by atoms with Crippen molar-refractivity contribution < 1.29 is 23.5 Å². The second-order valence-corrected chi connectivity index (χ2v) is 7.59. The Bertz CT molecular complexity index is 1340. The Morgan fingerprint density at radius 3 is 2.70 bits per heavy atom. The van der Waals surface area contributed by atoms with Crippen molar-refractivity contribution in [2.24, 2.45) is 0 Å². The van der Waals surface area contributed by atoms with Gasteiger partial charge in [0.2, 0.25) is 5.91 Å². The summed E-state index contributed by atoms with van der Waals surface area (Å²) in [5.41, 5.74) is 1.99. The van der Waals surface area contributed by atoms with Crippen molar-refractivity contribution in [2.45, 2.75) is 25.8 Å². The molecule has 0 saturated carbocycles. The summed E-state index contributed by atoms with van der Waals surface area (Å²) >= 11 is 0. The number of amides is 1. The van der Waals surface area contributed by atoms with Crippen LogP contribution in [0.25, 0.3) is 21.9 Å². The normalized spacial score (nSPS) is 11.9. The number of rotatable bonds is 8. The second-order valence-electron chi connectivity index (χ2n) is 7.59. The van der Waals surface area contributed by atoms with Crippen LogP contribution in [0.3, 0.4) is 0 Å². The maximum Gasteiger partial charge on any atom is 0.336 e. The number of aromatic nitrogens is 1. The summed E-state index contributed by atoms with van der Waals surface area (Å²) in [5.74, 6) is -0.397. The van der Waals surface area contributed by atoms with Gasteiger partial charge in [0.1, 0.15) is 17.4 Å². The van der Waals surface area contributed by atoms with E-state index in [1.807, 2.05) is 30.3 Å². The Hall–Kier alpha value is -4.07. The molecule has 1 atom stereocenters. The van der Waals surface area contributed by atoms with E-state index in [4.69, 9.17) is 13.9 Å². The molecule has 0 fully saturated rings. The molecular weight excluding hydrogens is 424 g/mol. The highest BCUT2D eigenvalue weighted by molar-refractivity contribution is 5.90. The third kappa shape index (κ3) is 5.06. The minimum atomic E-state index is -0.878. The number of esters is 1. The second kappa shape index (κ2) is 9.60. The van der Waals surface area contributed by atoms with Gasteiger partial charge in [-0.2, -0.15) is 0 Å². The van der Waals surface area contributed by atoms with E-state index in [9.17, 15) is 14.4 Å². The molecule has 8 nitrogen and oxygen atoms in total. The van der Waals surface area contributed by atoms with Crippen molar-refractivity contribution in [1.82, 2.24) is 10.3 Å². The van der Waals surface area contributed by atoms with Crippen LogP contribution in [0.2, 0.25) is 0 Å². The number of para-hydroxylation sites is 1. The molecule has 0 bridgehead atoms. The predicted octanol–water partition coefficient (Wildman–Crippen LogP) is 3.12. The van der Waals surface area contributed by atoms with Crippen LogP contribution >= 0.6 is 0 Å². The lowest BCUT2D eigenvalue weighted by molar-refractivity contribution is -0.147. The smallest absolute Gasteiger partial charge is 0.336 e. The number of hydrogen-bond donors (Lipinski definition) is 2. The number of aromatic amines is 1. The van der Waals surface area contributed by atoms with Crippen molar-refractivity contribution in [3.05, 3.63) is 76.3 Å². The zero-order valence-electron chi connectivity index (χ0n) is 18.3. The largest absolute Gasteiger partial charge is 0.497 e.